The summed E-state index contributed by atoms with van der Waals surface area (Å²) in [5.74, 6) is -0.872. The summed E-state index contributed by atoms with van der Waals surface area (Å²) < 4.78 is 11.5. The monoisotopic (exact) mass is 374 g/mol. The van der Waals surface area contributed by atoms with Gasteiger partial charge < -0.3 is 9.47 Å². The molecular formula is C23H34O4. The average molecular weight is 375 g/mol. The van der Waals surface area contributed by atoms with Crippen molar-refractivity contribution in [3.05, 3.63) is 35.9 Å². The second-order valence-electron chi connectivity index (χ2n) is 7.56. The van der Waals surface area contributed by atoms with Crippen molar-refractivity contribution in [3.8, 4) is 0 Å². The minimum atomic E-state index is -0.382. The van der Waals surface area contributed by atoms with Crippen LogP contribution in [-0.4, -0.2) is 24.1 Å². The first kappa shape index (κ1) is 21.5. The molecule has 0 radical (unpaired) electrons. The van der Waals surface area contributed by atoms with Crippen LogP contribution in [0.15, 0.2) is 30.3 Å². The van der Waals surface area contributed by atoms with Crippen LogP contribution in [0.1, 0.15) is 88.4 Å². The van der Waals surface area contributed by atoms with E-state index in [0.717, 1.165) is 57.8 Å². The molecule has 0 N–H and O–H groups in total. The number of unbranched alkanes of at least 4 members (excludes halogenated alkanes) is 5. The molecule has 1 saturated heterocycles. The predicted octanol–water partition coefficient (Wildman–Crippen LogP) is 5.69. The molecule has 0 aromatic heterocycles. The van der Waals surface area contributed by atoms with Crippen molar-refractivity contribution >= 4 is 11.9 Å². The molecule has 2 rings (SSSR count). The smallest absolute Gasteiger partial charge is 0.338 e. The molecule has 0 saturated carbocycles. The number of rotatable bonds is 11. The second-order valence-corrected chi connectivity index (χ2v) is 7.56. The topological polar surface area (TPSA) is 52.6 Å². The molecular weight excluding hydrogens is 340 g/mol. The van der Waals surface area contributed by atoms with Gasteiger partial charge in [-0.25, -0.2) is 4.79 Å². The molecule has 1 heterocycles. The van der Waals surface area contributed by atoms with Crippen molar-refractivity contribution in [2.24, 2.45) is 5.92 Å². The van der Waals surface area contributed by atoms with E-state index in [1.165, 1.54) is 0 Å². The van der Waals surface area contributed by atoms with Crippen LogP contribution >= 0.6 is 0 Å². The lowest BCUT2D eigenvalue weighted by Crippen LogP contribution is -2.43. The van der Waals surface area contributed by atoms with Crippen LogP contribution in [0.3, 0.4) is 0 Å². The maximum absolute atomic E-state index is 12.6. The Bertz CT molecular complexity index is 569. The Morgan fingerprint density at radius 3 is 2.37 bits per heavy atom. The Morgan fingerprint density at radius 1 is 1.00 bits per heavy atom. The number of ether oxygens (including phenoxy) is 2. The van der Waals surface area contributed by atoms with E-state index < -0.39 is 0 Å². The summed E-state index contributed by atoms with van der Waals surface area (Å²) in [5, 5.41) is 0. The number of benzene rings is 1. The van der Waals surface area contributed by atoms with Gasteiger partial charge in [0.2, 0.25) is 0 Å². The van der Waals surface area contributed by atoms with Crippen LogP contribution in [-0.2, 0) is 14.3 Å². The molecule has 4 heteroatoms. The van der Waals surface area contributed by atoms with Gasteiger partial charge in [-0.05, 0) is 31.4 Å². The first-order valence-electron chi connectivity index (χ1n) is 10.6. The quantitative estimate of drug-likeness (QED) is 0.368. The van der Waals surface area contributed by atoms with E-state index in [4.69, 9.17) is 9.47 Å². The third-order valence-corrected chi connectivity index (χ3v) is 5.30. The summed E-state index contributed by atoms with van der Waals surface area (Å²) in [7, 11) is 0. The molecule has 1 aliphatic rings. The van der Waals surface area contributed by atoms with Crippen molar-refractivity contribution in [2.75, 3.05) is 0 Å². The van der Waals surface area contributed by atoms with E-state index >= 15 is 0 Å². The summed E-state index contributed by atoms with van der Waals surface area (Å²) in [4.78, 5) is 25.2. The zero-order valence-corrected chi connectivity index (χ0v) is 16.8. The minimum Gasteiger partial charge on any atom is -0.462 e. The highest BCUT2D eigenvalue weighted by Crippen LogP contribution is 2.31. The summed E-state index contributed by atoms with van der Waals surface area (Å²) in [6.07, 6.45) is 9.35. The molecule has 0 amide bonds. The Balaban J connectivity index is 2.01. The van der Waals surface area contributed by atoms with E-state index in [1.54, 1.807) is 12.1 Å². The average Bonchev–Trinajstić information content (AvgIpc) is 2.67. The largest absolute Gasteiger partial charge is 0.462 e. The molecule has 3 atom stereocenters. The third-order valence-electron chi connectivity index (χ3n) is 5.30. The van der Waals surface area contributed by atoms with Gasteiger partial charge in [0.15, 0.2) is 0 Å². The zero-order valence-electron chi connectivity index (χ0n) is 16.8. The van der Waals surface area contributed by atoms with Crippen LogP contribution in [0, 0.1) is 5.92 Å². The number of carbonyl (C=O) groups is 2. The Hall–Kier alpha value is -1.84. The Kier molecular flexibility index (Phi) is 9.37. The van der Waals surface area contributed by atoms with E-state index in [1.807, 2.05) is 18.2 Å². The van der Waals surface area contributed by atoms with E-state index in [0.29, 0.717) is 12.0 Å². The van der Waals surface area contributed by atoms with Gasteiger partial charge in [-0.3, -0.25) is 4.79 Å². The van der Waals surface area contributed by atoms with Crippen molar-refractivity contribution in [1.82, 2.24) is 0 Å². The molecule has 1 aliphatic heterocycles. The highest BCUT2D eigenvalue weighted by atomic mass is 16.6. The predicted molar refractivity (Wildman–Crippen MR) is 107 cm³/mol. The highest BCUT2D eigenvalue weighted by Gasteiger charge is 2.40. The molecule has 1 fully saturated rings. The maximum atomic E-state index is 12.6. The lowest BCUT2D eigenvalue weighted by Gasteiger charge is -2.35. The van der Waals surface area contributed by atoms with Gasteiger partial charge in [-0.15, -0.1) is 0 Å². The number of cyclic esters (lactones) is 1. The van der Waals surface area contributed by atoms with E-state index in [2.05, 4.69) is 13.8 Å². The molecule has 1 aromatic carbocycles. The number of carbonyl (C=O) groups excluding carboxylic acids is 2. The zero-order chi connectivity index (χ0) is 19.5. The molecule has 0 spiro atoms. The van der Waals surface area contributed by atoms with Crippen LogP contribution < -0.4 is 0 Å². The summed E-state index contributed by atoms with van der Waals surface area (Å²) >= 11 is 0. The SMILES string of the molecule is CCCCCCC1C(=O)OC(CCCCC)CC1OC(=O)c1ccccc1. The van der Waals surface area contributed by atoms with Crippen LogP contribution in [0.5, 0.6) is 0 Å². The van der Waals surface area contributed by atoms with Crippen molar-refractivity contribution in [1.29, 1.82) is 0 Å². The maximum Gasteiger partial charge on any atom is 0.338 e. The van der Waals surface area contributed by atoms with Crippen LogP contribution in [0.25, 0.3) is 0 Å². The number of hydrogen-bond donors (Lipinski definition) is 0. The Morgan fingerprint density at radius 2 is 1.67 bits per heavy atom. The van der Waals surface area contributed by atoms with Crippen LogP contribution in [0.2, 0.25) is 0 Å². The minimum absolute atomic E-state index is 0.135. The van der Waals surface area contributed by atoms with Crippen molar-refractivity contribution < 1.29 is 19.1 Å². The highest BCUT2D eigenvalue weighted by molar-refractivity contribution is 5.89. The van der Waals surface area contributed by atoms with Gasteiger partial charge in [0.05, 0.1) is 11.5 Å². The fourth-order valence-electron chi connectivity index (χ4n) is 3.68. The fraction of sp³-hybridized carbons (Fsp3) is 0.652. The standard InChI is InChI=1S/C23H34O4/c1-3-5-7-12-16-20-21(27-22(24)18-13-10-8-11-14-18)17-19(26-23(20)25)15-9-6-4-2/h8,10-11,13-14,19-21H,3-7,9,12,15-17H2,1-2H3. The number of esters is 2. The second kappa shape index (κ2) is 11.8. The summed E-state index contributed by atoms with van der Waals surface area (Å²) in [6, 6.07) is 9.01. The molecule has 0 aliphatic carbocycles. The van der Waals surface area contributed by atoms with Gasteiger partial charge in [-0.2, -0.15) is 0 Å². The molecule has 27 heavy (non-hydrogen) atoms. The third kappa shape index (κ3) is 7.00. The molecule has 150 valence electrons. The molecule has 0 bridgehead atoms. The Labute approximate surface area is 163 Å². The van der Waals surface area contributed by atoms with Crippen molar-refractivity contribution in [2.45, 2.75) is 90.3 Å². The summed E-state index contributed by atoms with van der Waals surface area (Å²) in [5.41, 5.74) is 0.531. The van der Waals surface area contributed by atoms with Gasteiger partial charge in [0.1, 0.15) is 12.2 Å². The first-order chi connectivity index (χ1) is 13.2. The molecule has 1 aromatic rings. The van der Waals surface area contributed by atoms with E-state index in [9.17, 15) is 9.59 Å². The first-order valence-corrected chi connectivity index (χ1v) is 10.6. The molecule has 3 unspecified atom stereocenters. The fourth-order valence-corrected chi connectivity index (χ4v) is 3.68. The molecule has 4 nitrogen and oxygen atoms in total. The normalized spacial score (nSPS) is 22.3. The van der Waals surface area contributed by atoms with Crippen molar-refractivity contribution in [3.63, 3.8) is 0 Å². The summed E-state index contributed by atoms with van der Waals surface area (Å²) in [6.45, 7) is 4.32. The van der Waals surface area contributed by atoms with Gasteiger partial charge in [-0.1, -0.05) is 70.6 Å². The number of hydrogen-bond acceptors (Lipinski definition) is 4. The van der Waals surface area contributed by atoms with E-state index in [-0.39, 0.29) is 30.1 Å². The van der Waals surface area contributed by atoms with Gasteiger partial charge in [0.25, 0.3) is 0 Å². The van der Waals surface area contributed by atoms with Crippen LogP contribution in [0.4, 0.5) is 0 Å². The van der Waals surface area contributed by atoms with Gasteiger partial charge in [0, 0.05) is 6.42 Å². The lowest BCUT2D eigenvalue weighted by atomic mass is 9.88. The van der Waals surface area contributed by atoms with Gasteiger partial charge >= 0.3 is 11.9 Å². The lowest BCUT2D eigenvalue weighted by molar-refractivity contribution is -0.171.